The van der Waals surface area contributed by atoms with Gasteiger partial charge in [0.25, 0.3) is 0 Å². The van der Waals surface area contributed by atoms with Crippen molar-refractivity contribution in [3.05, 3.63) is 12.2 Å². The predicted molar refractivity (Wildman–Crippen MR) is 298 cm³/mol. The van der Waals surface area contributed by atoms with E-state index in [1.807, 2.05) is 0 Å². The Bertz CT molecular complexity index is 1170. The lowest BCUT2D eigenvalue weighted by Gasteiger charge is -2.44. The molecule has 376 valence electrons. The van der Waals surface area contributed by atoms with Gasteiger partial charge < -0.3 is 42.1 Å². The fourth-order valence-electron chi connectivity index (χ4n) is 7.83. The van der Waals surface area contributed by atoms with Gasteiger partial charge in [0.15, 0.2) is 74.9 Å². The van der Waals surface area contributed by atoms with E-state index in [2.05, 4.69) is 183 Å². The first-order valence-electron chi connectivity index (χ1n) is 23.6. The zero-order chi connectivity index (χ0) is 50.4. The highest BCUT2D eigenvalue weighted by molar-refractivity contribution is 6.92. The molecule has 0 aliphatic carbocycles. The van der Waals surface area contributed by atoms with Gasteiger partial charge in [0.2, 0.25) is 0 Å². The number of hydrogen-bond donors (Lipinski definition) is 1. The largest absolute Gasteiger partial charge is 0.478 e. The van der Waals surface area contributed by atoms with E-state index in [9.17, 15) is 9.90 Å². The molecule has 0 spiro atoms. The maximum Gasteiger partial charge on any atom is 0.469 e. The van der Waals surface area contributed by atoms with Crippen molar-refractivity contribution in [1.82, 2.24) is 0 Å². The second kappa shape index (κ2) is 23.1. The van der Waals surface area contributed by atoms with E-state index in [1.165, 1.54) is 0 Å². The molecule has 0 bridgehead atoms. The van der Waals surface area contributed by atoms with E-state index in [4.69, 9.17) is 37.0 Å². The van der Waals surface area contributed by atoms with Crippen molar-refractivity contribution in [2.24, 2.45) is 5.41 Å². The van der Waals surface area contributed by atoms with Crippen LogP contribution in [0.2, 0.25) is 195 Å². The van der Waals surface area contributed by atoms with Gasteiger partial charge in [0.1, 0.15) is 0 Å². The van der Waals surface area contributed by atoms with Crippen molar-refractivity contribution in [2.45, 2.75) is 233 Å². The standard InChI is InChI=1S/C40H102O11Si12/c1-38(39(41)42)40(32-29-35-61(43-52(2,3)4,44-53(5,6)7)45-54(8,9)10,33-30-36-62(46-55(11,12)13,47-56(14,15)16)48-57(17,18)19)34-31-37-63(49-58(20,21)22,50-59(23,24)25)51-60(26,27)28/h1,29-37H2,2-28H3,(H,41,42). The summed E-state index contributed by atoms with van der Waals surface area (Å²) in [5.74, 6) is -0.967. The van der Waals surface area contributed by atoms with Crippen molar-refractivity contribution in [3.63, 3.8) is 0 Å². The first-order valence-corrected chi connectivity index (χ1v) is 60.0. The van der Waals surface area contributed by atoms with Crippen LogP contribution in [0.5, 0.6) is 0 Å². The monoisotopic (exact) mass is 1090 g/mol. The summed E-state index contributed by atoms with van der Waals surface area (Å²) in [6.45, 7) is 64.0. The van der Waals surface area contributed by atoms with Crippen LogP contribution in [-0.2, 0) is 41.8 Å². The number of carbonyl (C=O) groups is 1. The molecular formula is C40H102O11Si12. The third-order valence-corrected chi connectivity index (χ3v) is 44.6. The Morgan fingerprint density at radius 3 is 0.603 bits per heavy atom. The van der Waals surface area contributed by atoms with Gasteiger partial charge in [-0.1, -0.05) is 6.58 Å². The minimum atomic E-state index is -3.22. The van der Waals surface area contributed by atoms with Crippen LogP contribution in [0.15, 0.2) is 12.2 Å². The van der Waals surface area contributed by atoms with Crippen LogP contribution in [0.3, 0.4) is 0 Å². The summed E-state index contributed by atoms with van der Waals surface area (Å²) in [5, 5.41) is 11.0. The molecule has 0 aromatic rings. The number of rotatable bonds is 32. The van der Waals surface area contributed by atoms with Crippen LogP contribution < -0.4 is 0 Å². The molecule has 0 amide bonds. The highest BCUT2D eigenvalue weighted by atomic mass is 28.5. The van der Waals surface area contributed by atoms with Crippen molar-refractivity contribution in [3.8, 4) is 0 Å². The molecule has 1 N–H and O–H groups in total. The molecule has 0 aromatic heterocycles. The highest BCUT2D eigenvalue weighted by Gasteiger charge is 2.54. The van der Waals surface area contributed by atoms with Crippen molar-refractivity contribution < 1.29 is 46.9 Å². The molecule has 0 fully saturated rings. The van der Waals surface area contributed by atoms with Gasteiger partial charge in [-0.15, -0.1) is 0 Å². The smallest absolute Gasteiger partial charge is 0.469 e. The highest BCUT2D eigenvalue weighted by Crippen LogP contribution is 2.46. The molecule has 11 nitrogen and oxygen atoms in total. The topological polar surface area (TPSA) is 120 Å². The molecule has 0 heterocycles. The van der Waals surface area contributed by atoms with Crippen LogP contribution in [0.1, 0.15) is 38.5 Å². The van der Waals surface area contributed by atoms with E-state index in [-0.39, 0.29) is 5.57 Å². The molecule has 63 heavy (non-hydrogen) atoms. The van der Waals surface area contributed by atoms with Gasteiger partial charge in [-0.3, -0.25) is 0 Å². The summed E-state index contributed by atoms with van der Waals surface area (Å²) in [6, 6.07) is 1.85. The summed E-state index contributed by atoms with van der Waals surface area (Å²) in [4.78, 5) is 13.5. The van der Waals surface area contributed by atoms with Gasteiger partial charge in [0, 0.05) is 29.1 Å². The summed E-state index contributed by atoms with van der Waals surface area (Å²) in [5.41, 5.74) is -0.539. The molecule has 0 aliphatic rings. The molecule has 0 radical (unpaired) electrons. The minimum Gasteiger partial charge on any atom is -0.478 e. The maximum absolute atomic E-state index is 13.5. The first kappa shape index (κ1) is 64.5. The summed E-state index contributed by atoms with van der Waals surface area (Å²) < 4.78 is 64.2. The average Bonchev–Trinajstić information content (AvgIpc) is 2.87. The lowest BCUT2D eigenvalue weighted by Crippen LogP contribution is -2.60. The minimum absolute atomic E-state index is 0.240. The zero-order valence-corrected chi connectivity index (χ0v) is 58.1. The molecule has 0 rings (SSSR count). The zero-order valence-electron chi connectivity index (χ0n) is 46.1. The SMILES string of the molecule is C=C(C(=O)O)C(CCC[Si](O[Si](C)(C)C)(O[Si](C)(C)C)O[Si](C)(C)C)(CCC[Si](O[Si](C)(C)C)(O[Si](C)(C)C)O[Si](C)(C)C)CCC[Si](O[Si](C)(C)C)(O[Si](C)(C)C)O[Si](C)(C)C. The molecule has 0 saturated heterocycles. The van der Waals surface area contributed by atoms with Crippen LogP contribution in [0, 0.1) is 5.41 Å². The Kier molecular flexibility index (Phi) is 23.7. The number of carboxylic acid groups (broad SMARTS) is 1. The predicted octanol–water partition coefficient (Wildman–Crippen LogP) is 14.4. The molecule has 0 aliphatic heterocycles. The summed E-state index contributed by atoms with van der Waals surface area (Å²) in [6.07, 6.45) is 3.79. The van der Waals surface area contributed by atoms with Gasteiger partial charge in [-0.25, -0.2) is 4.79 Å². The van der Waals surface area contributed by atoms with Crippen LogP contribution in [0.4, 0.5) is 0 Å². The Morgan fingerprint density at radius 1 is 0.349 bits per heavy atom. The number of hydrogen-bond acceptors (Lipinski definition) is 10. The average molecular weight is 1100 g/mol. The molecule has 0 atom stereocenters. The maximum atomic E-state index is 13.5. The van der Waals surface area contributed by atoms with E-state index in [1.54, 1.807) is 0 Å². The van der Waals surface area contributed by atoms with Crippen molar-refractivity contribution in [1.29, 1.82) is 0 Å². The first-order chi connectivity index (χ1) is 27.3. The Hall–Kier alpha value is 1.45. The van der Waals surface area contributed by atoms with Crippen LogP contribution in [0.25, 0.3) is 0 Å². The normalized spacial score (nSPS) is 15.3. The third-order valence-electron chi connectivity index (χ3n) is 8.47. The van der Waals surface area contributed by atoms with Crippen LogP contribution in [-0.4, -0.2) is 112 Å². The van der Waals surface area contributed by atoms with E-state index >= 15 is 0 Å². The quantitative estimate of drug-likeness (QED) is 0.0512. The molecule has 0 saturated carbocycles. The van der Waals surface area contributed by atoms with E-state index in [0.29, 0.717) is 56.7 Å². The fourth-order valence-corrected chi connectivity index (χ4v) is 51.8. The second-order valence-electron chi connectivity index (χ2n) is 26.6. The van der Waals surface area contributed by atoms with E-state index in [0.717, 1.165) is 0 Å². The van der Waals surface area contributed by atoms with Gasteiger partial charge >= 0.3 is 32.4 Å². The van der Waals surface area contributed by atoms with Gasteiger partial charge in [-0.05, 0) is 215 Å². The second-order valence-corrected chi connectivity index (χ2v) is 77.6. The van der Waals surface area contributed by atoms with Crippen molar-refractivity contribution in [2.75, 3.05) is 0 Å². The van der Waals surface area contributed by atoms with Gasteiger partial charge in [0.05, 0.1) is 0 Å². The number of carboxylic acids is 1. The molecule has 0 aromatic carbocycles. The lowest BCUT2D eigenvalue weighted by atomic mass is 9.70. The molecule has 0 unspecified atom stereocenters. The fraction of sp³-hybridized carbons (Fsp3) is 0.925. The molecular weight excluding hydrogens is 993 g/mol. The lowest BCUT2D eigenvalue weighted by molar-refractivity contribution is -0.134. The van der Waals surface area contributed by atoms with Crippen LogP contribution >= 0.6 is 0 Å². The Morgan fingerprint density at radius 2 is 0.492 bits per heavy atom. The van der Waals surface area contributed by atoms with E-state index < -0.39 is 113 Å². The summed E-state index contributed by atoms with van der Waals surface area (Å²) >= 11 is 0. The Balaban J connectivity index is 7.89. The summed E-state index contributed by atoms with van der Waals surface area (Å²) in [7, 11) is -28.9. The molecule has 23 heteroatoms. The van der Waals surface area contributed by atoms with Crippen molar-refractivity contribution >= 4 is 107 Å². The third kappa shape index (κ3) is 29.9. The Labute approximate surface area is 402 Å². The number of aliphatic carboxylic acids is 1. The van der Waals surface area contributed by atoms with Gasteiger partial charge in [-0.2, -0.15) is 0 Å².